The van der Waals surface area contributed by atoms with Crippen LogP contribution in [0, 0.1) is 12.7 Å². The number of nitrogens with one attached hydrogen (secondary N) is 1. The van der Waals surface area contributed by atoms with Gasteiger partial charge in [0, 0.05) is 5.56 Å². The normalized spacial score (nSPS) is 15.7. The van der Waals surface area contributed by atoms with E-state index in [0.717, 1.165) is 24.0 Å². The van der Waals surface area contributed by atoms with Gasteiger partial charge in [-0.05, 0) is 49.6 Å². The maximum atomic E-state index is 13.3. The lowest BCUT2D eigenvalue weighted by Crippen LogP contribution is -2.34. The van der Waals surface area contributed by atoms with Crippen molar-refractivity contribution < 1.29 is 9.18 Å². The van der Waals surface area contributed by atoms with Gasteiger partial charge in [0.05, 0.1) is 5.54 Å². The second kappa shape index (κ2) is 4.75. The van der Waals surface area contributed by atoms with Gasteiger partial charge < -0.3 is 5.32 Å². The maximum Gasteiger partial charge on any atom is 0.251 e. The molecule has 1 fully saturated rings. The molecule has 0 spiro atoms. The molecule has 0 aliphatic heterocycles. The van der Waals surface area contributed by atoms with E-state index in [4.69, 9.17) is 0 Å². The predicted molar refractivity (Wildman–Crippen MR) is 76.0 cm³/mol. The molecule has 1 amide bonds. The lowest BCUT2D eigenvalue weighted by atomic mass is 10.0. The van der Waals surface area contributed by atoms with Crippen LogP contribution in [0.5, 0.6) is 0 Å². The summed E-state index contributed by atoms with van der Waals surface area (Å²) in [7, 11) is 0. The molecule has 0 aromatic heterocycles. The van der Waals surface area contributed by atoms with Crippen LogP contribution >= 0.6 is 0 Å². The zero-order valence-electron chi connectivity index (χ0n) is 11.3. The van der Waals surface area contributed by atoms with Gasteiger partial charge in [0.1, 0.15) is 5.82 Å². The lowest BCUT2D eigenvalue weighted by Gasteiger charge is -2.18. The molecular formula is C17H16FNO. The van der Waals surface area contributed by atoms with Crippen LogP contribution < -0.4 is 5.32 Å². The van der Waals surface area contributed by atoms with Crippen molar-refractivity contribution in [3.05, 3.63) is 71.0 Å². The van der Waals surface area contributed by atoms with E-state index in [0.29, 0.717) is 5.56 Å². The lowest BCUT2D eigenvalue weighted by molar-refractivity contribution is 0.0930. The Kier molecular flexibility index (Phi) is 3.05. The third kappa shape index (κ3) is 2.44. The molecule has 0 unspecified atom stereocenters. The smallest absolute Gasteiger partial charge is 0.251 e. The van der Waals surface area contributed by atoms with Gasteiger partial charge >= 0.3 is 0 Å². The van der Waals surface area contributed by atoms with E-state index in [9.17, 15) is 9.18 Å². The van der Waals surface area contributed by atoms with Crippen LogP contribution in [0.2, 0.25) is 0 Å². The molecule has 0 saturated heterocycles. The summed E-state index contributed by atoms with van der Waals surface area (Å²) in [5.74, 6) is -0.367. The molecule has 0 bridgehead atoms. The number of hydrogen-bond acceptors (Lipinski definition) is 1. The fraction of sp³-hybridized carbons (Fsp3) is 0.235. The van der Waals surface area contributed by atoms with Crippen molar-refractivity contribution in [3.63, 3.8) is 0 Å². The van der Waals surface area contributed by atoms with Gasteiger partial charge in [0.15, 0.2) is 0 Å². The zero-order valence-corrected chi connectivity index (χ0v) is 11.3. The third-order valence-electron chi connectivity index (χ3n) is 3.76. The molecule has 20 heavy (non-hydrogen) atoms. The van der Waals surface area contributed by atoms with Crippen molar-refractivity contribution in [2.75, 3.05) is 0 Å². The molecule has 2 aromatic carbocycles. The van der Waals surface area contributed by atoms with E-state index < -0.39 is 0 Å². The van der Waals surface area contributed by atoms with Crippen LogP contribution in [0.3, 0.4) is 0 Å². The summed E-state index contributed by atoms with van der Waals surface area (Å²) in [4.78, 5) is 12.3. The molecule has 3 rings (SSSR count). The molecule has 1 N–H and O–H groups in total. The minimum absolute atomic E-state index is 0.101. The van der Waals surface area contributed by atoms with Crippen molar-refractivity contribution in [2.45, 2.75) is 25.3 Å². The van der Waals surface area contributed by atoms with Crippen LogP contribution in [-0.4, -0.2) is 5.91 Å². The molecule has 1 saturated carbocycles. The first-order valence-corrected chi connectivity index (χ1v) is 6.74. The van der Waals surface area contributed by atoms with Gasteiger partial charge in [0.25, 0.3) is 5.91 Å². The molecule has 0 atom stereocenters. The molecule has 102 valence electrons. The van der Waals surface area contributed by atoms with E-state index >= 15 is 0 Å². The van der Waals surface area contributed by atoms with Crippen LogP contribution in [0.1, 0.15) is 34.3 Å². The summed E-state index contributed by atoms with van der Waals surface area (Å²) in [5.41, 5.74) is 2.16. The van der Waals surface area contributed by atoms with Crippen LogP contribution in [0.25, 0.3) is 0 Å². The number of rotatable bonds is 3. The van der Waals surface area contributed by atoms with Gasteiger partial charge in [-0.1, -0.05) is 29.8 Å². The Morgan fingerprint density at radius 3 is 2.55 bits per heavy atom. The summed E-state index contributed by atoms with van der Waals surface area (Å²) in [6.45, 7) is 1.95. The second-order valence-electron chi connectivity index (χ2n) is 5.42. The fourth-order valence-corrected chi connectivity index (χ4v) is 2.47. The number of hydrogen-bond donors (Lipinski definition) is 1. The SMILES string of the molecule is Cc1cccc(C(=O)NC2(c3cccc(F)c3)CC2)c1. The Balaban J connectivity index is 1.82. The standard InChI is InChI=1S/C17H16FNO/c1-12-4-2-5-13(10-12)16(20)19-17(8-9-17)14-6-3-7-15(18)11-14/h2-7,10-11H,8-9H2,1H3,(H,19,20). The first-order valence-electron chi connectivity index (χ1n) is 6.74. The minimum Gasteiger partial charge on any atom is -0.343 e. The van der Waals surface area contributed by atoms with E-state index in [2.05, 4.69) is 5.32 Å². The Bertz CT molecular complexity index is 662. The van der Waals surface area contributed by atoms with Crippen molar-refractivity contribution in [2.24, 2.45) is 0 Å². The first-order chi connectivity index (χ1) is 9.59. The van der Waals surface area contributed by atoms with Crippen molar-refractivity contribution >= 4 is 5.91 Å². The zero-order chi connectivity index (χ0) is 14.2. The molecule has 1 aliphatic carbocycles. The number of carbonyl (C=O) groups is 1. The van der Waals surface area contributed by atoms with Gasteiger partial charge in [-0.25, -0.2) is 4.39 Å². The highest BCUT2D eigenvalue weighted by Crippen LogP contribution is 2.45. The quantitative estimate of drug-likeness (QED) is 0.907. The van der Waals surface area contributed by atoms with E-state index in [1.165, 1.54) is 12.1 Å². The summed E-state index contributed by atoms with van der Waals surface area (Å²) >= 11 is 0. The van der Waals surface area contributed by atoms with Gasteiger partial charge in [0.2, 0.25) is 0 Å². The van der Waals surface area contributed by atoms with E-state index in [1.807, 2.05) is 31.2 Å². The van der Waals surface area contributed by atoms with Gasteiger partial charge in [-0.15, -0.1) is 0 Å². The van der Waals surface area contributed by atoms with E-state index in [-0.39, 0.29) is 17.3 Å². The van der Waals surface area contributed by atoms with Crippen molar-refractivity contribution in [1.29, 1.82) is 0 Å². The minimum atomic E-state index is -0.386. The number of aryl methyl sites for hydroxylation is 1. The Morgan fingerprint density at radius 1 is 1.15 bits per heavy atom. The monoisotopic (exact) mass is 269 g/mol. The molecule has 0 radical (unpaired) electrons. The Morgan fingerprint density at radius 2 is 1.90 bits per heavy atom. The van der Waals surface area contributed by atoms with Crippen LogP contribution in [-0.2, 0) is 5.54 Å². The fourth-order valence-electron chi connectivity index (χ4n) is 2.47. The average molecular weight is 269 g/mol. The van der Waals surface area contributed by atoms with Crippen molar-refractivity contribution in [3.8, 4) is 0 Å². The highest BCUT2D eigenvalue weighted by atomic mass is 19.1. The average Bonchev–Trinajstić information content (AvgIpc) is 3.20. The number of amides is 1. The summed E-state index contributed by atoms with van der Waals surface area (Å²) < 4.78 is 13.3. The Hall–Kier alpha value is -2.16. The molecule has 1 aliphatic rings. The highest BCUT2D eigenvalue weighted by molar-refractivity contribution is 5.95. The summed E-state index contributed by atoms with van der Waals surface area (Å²) in [6, 6.07) is 13.9. The molecule has 0 heterocycles. The molecule has 2 nitrogen and oxygen atoms in total. The second-order valence-corrected chi connectivity index (χ2v) is 5.42. The maximum absolute atomic E-state index is 13.3. The Labute approximate surface area is 117 Å². The number of benzene rings is 2. The molecule has 3 heteroatoms. The molecular weight excluding hydrogens is 253 g/mol. The van der Waals surface area contributed by atoms with Gasteiger partial charge in [-0.2, -0.15) is 0 Å². The first kappa shape index (κ1) is 12.9. The summed E-state index contributed by atoms with van der Waals surface area (Å²) in [6.07, 6.45) is 1.71. The van der Waals surface area contributed by atoms with Crippen LogP contribution in [0.15, 0.2) is 48.5 Å². The number of halogens is 1. The third-order valence-corrected chi connectivity index (χ3v) is 3.76. The van der Waals surface area contributed by atoms with E-state index in [1.54, 1.807) is 12.1 Å². The number of carbonyl (C=O) groups excluding carboxylic acids is 1. The van der Waals surface area contributed by atoms with Crippen LogP contribution in [0.4, 0.5) is 4.39 Å². The predicted octanol–water partition coefficient (Wildman–Crippen LogP) is 3.55. The highest BCUT2D eigenvalue weighted by Gasteiger charge is 2.45. The molecule has 2 aromatic rings. The topological polar surface area (TPSA) is 29.1 Å². The van der Waals surface area contributed by atoms with Crippen molar-refractivity contribution in [1.82, 2.24) is 5.32 Å². The largest absolute Gasteiger partial charge is 0.343 e. The van der Waals surface area contributed by atoms with Gasteiger partial charge in [-0.3, -0.25) is 4.79 Å². The summed E-state index contributed by atoms with van der Waals surface area (Å²) in [5, 5.41) is 3.05.